The molecule has 0 aliphatic rings. The molecule has 0 bridgehead atoms. The van der Waals surface area contributed by atoms with Crippen molar-refractivity contribution in [2.24, 2.45) is 0 Å². The van der Waals surface area contributed by atoms with Crippen LogP contribution in [-0.2, 0) is 0 Å². The van der Waals surface area contributed by atoms with Gasteiger partial charge in [-0.25, -0.2) is 13.2 Å². The topological polar surface area (TPSA) is 57.9 Å². The number of anilines is 1. The minimum atomic E-state index is -1.06. The summed E-state index contributed by atoms with van der Waals surface area (Å²) in [6.45, 7) is 0. The minimum absolute atomic E-state index is 0.0956. The van der Waals surface area contributed by atoms with Crippen molar-refractivity contribution in [3.63, 3.8) is 0 Å². The molecule has 0 atom stereocenters. The monoisotopic (exact) mass is 279 g/mol. The minimum Gasteiger partial charge on any atom is -0.433 e. The van der Waals surface area contributed by atoms with Gasteiger partial charge in [-0.05, 0) is 18.2 Å². The van der Waals surface area contributed by atoms with Gasteiger partial charge in [-0.1, -0.05) is 0 Å². The molecule has 1 heterocycles. The van der Waals surface area contributed by atoms with Crippen LogP contribution in [0.3, 0.4) is 0 Å². The summed E-state index contributed by atoms with van der Waals surface area (Å²) < 4.78 is 45.3. The van der Waals surface area contributed by atoms with Crippen LogP contribution in [0.15, 0.2) is 24.3 Å². The van der Waals surface area contributed by atoms with Crippen LogP contribution < -0.4 is 10.1 Å². The number of halogens is 3. The number of nitriles is 1. The van der Waals surface area contributed by atoms with Crippen LogP contribution in [0.2, 0.25) is 0 Å². The predicted octanol–water partition coefficient (Wildman–Crippen LogP) is 3.20. The first kappa shape index (κ1) is 13.7. The highest BCUT2D eigenvalue weighted by Gasteiger charge is 2.15. The first-order valence-electron chi connectivity index (χ1n) is 5.46. The Hall–Kier alpha value is -2.75. The van der Waals surface area contributed by atoms with Gasteiger partial charge >= 0.3 is 0 Å². The van der Waals surface area contributed by atoms with E-state index in [2.05, 4.69) is 10.3 Å². The number of benzene rings is 1. The first-order valence-corrected chi connectivity index (χ1v) is 5.46. The number of nitrogens with zero attached hydrogens (tertiary/aromatic N) is 2. The Kier molecular flexibility index (Phi) is 3.75. The zero-order chi connectivity index (χ0) is 14.7. The van der Waals surface area contributed by atoms with Crippen molar-refractivity contribution < 1.29 is 17.9 Å². The average molecular weight is 279 g/mol. The Bertz CT molecular complexity index is 698. The number of nitrogens with one attached hydrogen (secondary N) is 1. The quantitative estimate of drug-likeness (QED) is 0.937. The van der Waals surface area contributed by atoms with Crippen molar-refractivity contribution in [2.75, 3.05) is 12.4 Å². The van der Waals surface area contributed by atoms with Gasteiger partial charge in [0.15, 0.2) is 29.0 Å². The van der Waals surface area contributed by atoms with E-state index in [1.54, 1.807) is 6.07 Å². The van der Waals surface area contributed by atoms with Gasteiger partial charge in [0.2, 0.25) is 0 Å². The van der Waals surface area contributed by atoms with Crippen LogP contribution in [-0.4, -0.2) is 12.0 Å². The molecule has 0 aliphatic heterocycles. The van der Waals surface area contributed by atoms with Crippen molar-refractivity contribution in [1.29, 1.82) is 5.26 Å². The number of ether oxygens (including phenoxy) is 1. The molecule has 1 aromatic carbocycles. The average Bonchev–Trinajstić information content (AvgIpc) is 2.43. The summed E-state index contributed by atoms with van der Waals surface area (Å²) in [5.41, 5.74) is 0.0956. The third-order valence-electron chi connectivity index (χ3n) is 2.40. The number of hydrogen-bond acceptors (Lipinski definition) is 4. The van der Waals surface area contributed by atoms with Crippen LogP contribution >= 0.6 is 0 Å². The van der Waals surface area contributed by atoms with Gasteiger partial charge in [-0.2, -0.15) is 10.2 Å². The maximum Gasteiger partial charge on any atom is 0.258 e. The van der Waals surface area contributed by atoms with Crippen LogP contribution in [0.4, 0.5) is 19.0 Å². The lowest BCUT2D eigenvalue weighted by Crippen LogP contribution is -2.01. The lowest BCUT2D eigenvalue weighted by Gasteiger charge is -2.09. The van der Waals surface area contributed by atoms with E-state index in [-0.39, 0.29) is 17.1 Å². The van der Waals surface area contributed by atoms with Crippen molar-refractivity contribution >= 4 is 5.82 Å². The van der Waals surface area contributed by atoms with Gasteiger partial charge in [0.1, 0.15) is 0 Å². The predicted molar refractivity (Wildman–Crippen MR) is 64.9 cm³/mol. The maximum absolute atomic E-state index is 13.6. The van der Waals surface area contributed by atoms with Crippen LogP contribution in [0.5, 0.6) is 11.6 Å². The largest absolute Gasteiger partial charge is 0.433 e. The third kappa shape index (κ3) is 2.64. The molecule has 1 N–H and O–H groups in total. The number of rotatable bonds is 3. The van der Waals surface area contributed by atoms with Crippen molar-refractivity contribution in [3.05, 3.63) is 47.3 Å². The summed E-state index contributed by atoms with van der Waals surface area (Å²) in [6, 6.07) is 5.74. The second kappa shape index (κ2) is 5.48. The molecule has 20 heavy (non-hydrogen) atoms. The highest BCUT2D eigenvalue weighted by Crippen LogP contribution is 2.28. The highest BCUT2D eigenvalue weighted by molar-refractivity contribution is 5.42. The van der Waals surface area contributed by atoms with Gasteiger partial charge in [-0.3, -0.25) is 0 Å². The molecule has 2 aromatic rings. The third-order valence-corrected chi connectivity index (χ3v) is 2.40. The van der Waals surface area contributed by atoms with Crippen molar-refractivity contribution in [1.82, 2.24) is 4.98 Å². The van der Waals surface area contributed by atoms with Crippen LogP contribution in [0, 0.1) is 28.8 Å². The fourth-order valence-electron chi connectivity index (χ4n) is 1.45. The molecule has 4 nitrogen and oxygen atoms in total. The van der Waals surface area contributed by atoms with Crippen molar-refractivity contribution in [3.8, 4) is 17.7 Å². The highest BCUT2D eigenvalue weighted by atomic mass is 19.1. The molecule has 0 amide bonds. The maximum atomic E-state index is 13.6. The second-order valence-electron chi connectivity index (χ2n) is 3.71. The lowest BCUT2D eigenvalue weighted by atomic mass is 10.2. The van der Waals surface area contributed by atoms with E-state index in [9.17, 15) is 13.2 Å². The van der Waals surface area contributed by atoms with E-state index in [4.69, 9.17) is 10.00 Å². The molecule has 0 saturated heterocycles. The molecule has 0 aliphatic carbocycles. The Morgan fingerprint density at radius 1 is 1.15 bits per heavy atom. The van der Waals surface area contributed by atoms with E-state index in [1.165, 1.54) is 13.1 Å². The summed E-state index contributed by atoms with van der Waals surface area (Å²) >= 11 is 0. The van der Waals surface area contributed by atoms with Gasteiger partial charge < -0.3 is 10.1 Å². The molecule has 0 spiro atoms. The van der Waals surface area contributed by atoms with Crippen LogP contribution in [0.25, 0.3) is 0 Å². The molecule has 102 valence electrons. The number of pyridine rings is 1. The standard InChI is InChI=1S/C13H8F3N3O/c1-18-12-9(15)5-10(16)13(19-12)20-11-3-2-7(6-17)4-8(11)14/h2-5H,1H3,(H,18,19). The van der Waals surface area contributed by atoms with Gasteiger partial charge in [0.05, 0.1) is 11.6 Å². The smallest absolute Gasteiger partial charge is 0.258 e. The van der Waals surface area contributed by atoms with E-state index in [1.807, 2.05) is 0 Å². The van der Waals surface area contributed by atoms with Crippen LogP contribution in [0.1, 0.15) is 5.56 Å². The molecule has 0 fully saturated rings. The summed E-state index contributed by atoms with van der Waals surface area (Å²) in [6.07, 6.45) is 0. The molecule has 2 rings (SSSR count). The molecule has 1 aromatic heterocycles. The molecule has 7 heteroatoms. The van der Waals surface area contributed by atoms with Gasteiger partial charge in [0, 0.05) is 13.1 Å². The van der Waals surface area contributed by atoms with E-state index >= 15 is 0 Å². The fraction of sp³-hybridized carbons (Fsp3) is 0.0769. The zero-order valence-corrected chi connectivity index (χ0v) is 10.2. The molecule has 0 radical (unpaired) electrons. The first-order chi connectivity index (χ1) is 9.55. The van der Waals surface area contributed by atoms with E-state index < -0.39 is 23.3 Å². The Balaban J connectivity index is 2.37. The number of hydrogen-bond donors (Lipinski definition) is 1. The second-order valence-corrected chi connectivity index (χ2v) is 3.71. The summed E-state index contributed by atoms with van der Waals surface area (Å²) in [5.74, 6) is -3.91. The summed E-state index contributed by atoms with van der Waals surface area (Å²) in [4.78, 5) is 3.55. The Labute approximate surface area is 112 Å². The number of aromatic nitrogens is 1. The molecule has 0 unspecified atom stereocenters. The zero-order valence-electron chi connectivity index (χ0n) is 10.2. The fourth-order valence-corrected chi connectivity index (χ4v) is 1.45. The SMILES string of the molecule is CNc1nc(Oc2ccc(C#N)cc2F)c(F)cc1F. The summed E-state index contributed by atoms with van der Waals surface area (Å²) in [5, 5.41) is 11.0. The lowest BCUT2D eigenvalue weighted by molar-refractivity contribution is 0.395. The summed E-state index contributed by atoms with van der Waals surface area (Å²) in [7, 11) is 1.40. The Morgan fingerprint density at radius 3 is 2.50 bits per heavy atom. The van der Waals surface area contributed by atoms with Gasteiger partial charge in [-0.15, -0.1) is 0 Å². The normalized spacial score (nSPS) is 9.95. The Morgan fingerprint density at radius 2 is 1.90 bits per heavy atom. The molecular weight excluding hydrogens is 271 g/mol. The molecule has 0 saturated carbocycles. The van der Waals surface area contributed by atoms with Crippen molar-refractivity contribution in [2.45, 2.75) is 0 Å². The van der Waals surface area contributed by atoms with E-state index in [0.717, 1.165) is 12.1 Å². The molecular formula is C13H8F3N3O. The van der Waals surface area contributed by atoms with Gasteiger partial charge in [0.25, 0.3) is 5.88 Å². The van der Waals surface area contributed by atoms with E-state index in [0.29, 0.717) is 6.07 Å².